The van der Waals surface area contributed by atoms with Crippen molar-refractivity contribution in [3.8, 4) is 0 Å². The maximum Gasteiger partial charge on any atom is 0.253 e. The number of para-hydroxylation sites is 1. The SMILES string of the molecule is CN(C)CC(=O)Nc1ccc(C(=O)N2C[C@@H](Cc3ccnc4ccccc34)[C@H](O)C2)cc1. The summed E-state index contributed by atoms with van der Waals surface area (Å²) in [6.07, 6.45) is 1.90. The zero-order valence-corrected chi connectivity index (χ0v) is 18.4. The zero-order valence-electron chi connectivity index (χ0n) is 18.4. The van der Waals surface area contributed by atoms with Gasteiger partial charge in [-0.2, -0.15) is 0 Å². The standard InChI is InChI=1S/C25H28N4O3/c1-28(2)16-24(31)27-20-9-7-17(8-10-20)25(32)29-14-19(23(30)15-29)13-18-11-12-26-22-6-4-3-5-21(18)22/h3-12,19,23,30H,13-16H2,1-2H3,(H,27,31)/t19-,23-/m1/s1. The van der Waals surface area contributed by atoms with E-state index in [1.165, 1.54) is 0 Å². The van der Waals surface area contributed by atoms with Crippen LogP contribution >= 0.6 is 0 Å². The Kier molecular flexibility index (Phi) is 6.48. The molecule has 3 aromatic rings. The van der Waals surface area contributed by atoms with Crippen LogP contribution in [0.15, 0.2) is 60.8 Å². The molecule has 0 radical (unpaired) electrons. The average molecular weight is 433 g/mol. The summed E-state index contributed by atoms with van der Waals surface area (Å²) in [5.41, 5.74) is 3.25. The number of rotatable bonds is 6. The summed E-state index contributed by atoms with van der Waals surface area (Å²) in [7, 11) is 3.66. The summed E-state index contributed by atoms with van der Waals surface area (Å²) in [5, 5.41) is 14.5. The van der Waals surface area contributed by atoms with E-state index >= 15 is 0 Å². The molecule has 7 heteroatoms. The van der Waals surface area contributed by atoms with Gasteiger partial charge in [-0.3, -0.25) is 14.6 Å². The smallest absolute Gasteiger partial charge is 0.253 e. The molecule has 1 aliphatic heterocycles. The van der Waals surface area contributed by atoms with E-state index in [-0.39, 0.29) is 17.7 Å². The van der Waals surface area contributed by atoms with E-state index in [0.717, 1.165) is 16.5 Å². The van der Waals surface area contributed by atoms with Crippen LogP contribution in [0.1, 0.15) is 15.9 Å². The third kappa shape index (κ3) is 4.95. The number of carbonyl (C=O) groups is 2. The first-order valence-electron chi connectivity index (χ1n) is 10.8. The van der Waals surface area contributed by atoms with Crippen molar-refractivity contribution in [3.05, 3.63) is 71.9 Å². The average Bonchev–Trinajstić information content (AvgIpc) is 3.13. The van der Waals surface area contributed by atoms with Crippen molar-refractivity contribution in [1.29, 1.82) is 0 Å². The molecule has 0 unspecified atom stereocenters. The molecule has 0 saturated carbocycles. The van der Waals surface area contributed by atoms with Crippen molar-refractivity contribution < 1.29 is 14.7 Å². The van der Waals surface area contributed by atoms with Crippen molar-refractivity contribution in [1.82, 2.24) is 14.8 Å². The largest absolute Gasteiger partial charge is 0.391 e. The molecule has 2 N–H and O–H groups in total. The number of benzene rings is 2. The molecule has 1 aromatic heterocycles. The minimum atomic E-state index is -0.574. The summed E-state index contributed by atoms with van der Waals surface area (Å²) < 4.78 is 0. The predicted octanol–water partition coefficient (Wildman–Crippen LogP) is 2.41. The van der Waals surface area contributed by atoms with E-state index in [9.17, 15) is 14.7 Å². The number of pyridine rings is 1. The van der Waals surface area contributed by atoms with Crippen LogP contribution in [0.2, 0.25) is 0 Å². The lowest BCUT2D eigenvalue weighted by atomic mass is 9.94. The second-order valence-corrected chi connectivity index (χ2v) is 8.59. The highest BCUT2D eigenvalue weighted by atomic mass is 16.3. The molecule has 0 bridgehead atoms. The monoisotopic (exact) mass is 432 g/mol. The number of anilines is 1. The van der Waals surface area contributed by atoms with Gasteiger partial charge in [0.1, 0.15) is 0 Å². The summed E-state index contributed by atoms with van der Waals surface area (Å²) in [6, 6.07) is 16.8. The van der Waals surface area contributed by atoms with Gasteiger partial charge in [0.2, 0.25) is 5.91 Å². The second kappa shape index (κ2) is 9.46. The zero-order chi connectivity index (χ0) is 22.7. The number of nitrogens with one attached hydrogen (secondary N) is 1. The van der Waals surface area contributed by atoms with Crippen LogP contribution in [0.4, 0.5) is 5.69 Å². The summed E-state index contributed by atoms with van der Waals surface area (Å²) in [5.74, 6) is -0.255. The summed E-state index contributed by atoms with van der Waals surface area (Å²) >= 11 is 0. The molecule has 0 spiro atoms. The molecule has 1 aliphatic rings. The van der Waals surface area contributed by atoms with Gasteiger partial charge in [-0.25, -0.2) is 0 Å². The fourth-order valence-electron chi connectivity index (χ4n) is 4.20. The topological polar surface area (TPSA) is 85.8 Å². The Labute approximate surface area is 187 Å². The van der Waals surface area contributed by atoms with Crippen LogP contribution in [-0.4, -0.2) is 71.5 Å². The molecule has 0 aliphatic carbocycles. The molecular weight excluding hydrogens is 404 g/mol. The fraction of sp³-hybridized carbons (Fsp3) is 0.320. The van der Waals surface area contributed by atoms with E-state index in [2.05, 4.69) is 10.3 Å². The van der Waals surface area contributed by atoms with E-state index < -0.39 is 6.10 Å². The maximum absolute atomic E-state index is 13.0. The van der Waals surface area contributed by atoms with E-state index in [0.29, 0.717) is 37.3 Å². The Hall–Kier alpha value is -3.29. The summed E-state index contributed by atoms with van der Waals surface area (Å²) in [6.45, 7) is 1.10. The van der Waals surface area contributed by atoms with Crippen molar-refractivity contribution in [2.45, 2.75) is 12.5 Å². The molecule has 1 fully saturated rings. The highest BCUT2D eigenvalue weighted by molar-refractivity contribution is 5.96. The van der Waals surface area contributed by atoms with E-state index in [1.54, 1.807) is 40.3 Å². The number of hydrogen-bond donors (Lipinski definition) is 2. The van der Waals surface area contributed by atoms with E-state index in [1.807, 2.05) is 44.4 Å². The first-order chi connectivity index (χ1) is 15.4. The van der Waals surface area contributed by atoms with Crippen molar-refractivity contribution in [2.24, 2.45) is 5.92 Å². The maximum atomic E-state index is 13.0. The number of β-amino-alcohol motifs (C(OH)–C–C–N with tert-alkyl or cyclic N) is 1. The molecule has 4 rings (SSSR count). The first-order valence-corrected chi connectivity index (χ1v) is 10.8. The fourth-order valence-corrected chi connectivity index (χ4v) is 4.20. The third-order valence-electron chi connectivity index (χ3n) is 5.79. The molecule has 32 heavy (non-hydrogen) atoms. The van der Waals surface area contributed by atoms with Gasteiger partial charge >= 0.3 is 0 Å². The predicted molar refractivity (Wildman–Crippen MR) is 124 cm³/mol. The van der Waals surface area contributed by atoms with Crippen LogP contribution in [-0.2, 0) is 11.2 Å². The molecule has 2 heterocycles. The van der Waals surface area contributed by atoms with Gasteiger partial charge in [0, 0.05) is 41.8 Å². The van der Waals surface area contributed by atoms with Crippen molar-refractivity contribution >= 4 is 28.4 Å². The Bertz CT molecular complexity index is 1110. The number of aliphatic hydroxyl groups excluding tert-OH is 1. The summed E-state index contributed by atoms with van der Waals surface area (Å²) in [4.78, 5) is 32.8. The third-order valence-corrected chi connectivity index (χ3v) is 5.79. The number of nitrogens with zero attached hydrogens (tertiary/aromatic N) is 3. The molecule has 2 aromatic carbocycles. The number of aromatic nitrogens is 1. The van der Waals surface area contributed by atoms with Crippen LogP contribution in [0.5, 0.6) is 0 Å². The molecule has 2 atom stereocenters. The lowest BCUT2D eigenvalue weighted by molar-refractivity contribution is -0.116. The van der Waals surface area contributed by atoms with Gasteiger partial charge < -0.3 is 20.2 Å². The number of hydrogen-bond acceptors (Lipinski definition) is 5. The highest BCUT2D eigenvalue weighted by Gasteiger charge is 2.34. The Morgan fingerprint density at radius 1 is 1.09 bits per heavy atom. The van der Waals surface area contributed by atoms with Gasteiger partial charge in [0.25, 0.3) is 5.91 Å². The highest BCUT2D eigenvalue weighted by Crippen LogP contribution is 2.26. The molecule has 1 saturated heterocycles. The van der Waals surface area contributed by atoms with Gasteiger partial charge in [-0.1, -0.05) is 18.2 Å². The molecule has 7 nitrogen and oxygen atoms in total. The lowest BCUT2D eigenvalue weighted by Crippen LogP contribution is -2.29. The Morgan fingerprint density at radius 2 is 1.84 bits per heavy atom. The van der Waals surface area contributed by atoms with Gasteiger partial charge in [0.15, 0.2) is 0 Å². The number of fused-ring (bicyclic) bond motifs is 1. The van der Waals surface area contributed by atoms with Crippen LogP contribution in [0.25, 0.3) is 10.9 Å². The number of carbonyl (C=O) groups excluding carboxylic acids is 2. The van der Waals surface area contributed by atoms with E-state index in [4.69, 9.17) is 0 Å². The van der Waals surface area contributed by atoms with Crippen LogP contribution < -0.4 is 5.32 Å². The Morgan fingerprint density at radius 3 is 2.59 bits per heavy atom. The number of likely N-dealkylation sites (N-methyl/N-ethyl adjacent to an activating group) is 1. The number of likely N-dealkylation sites (tertiary alicyclic amines) is 1. The molecule has 166 valence electrons. The first kappa shape index (κ1) is 21.9. The van der Waals surface area contributed by atoms with Gasteiger partial charge in [-0.15, -0.1) is 0 Å². The minimum Gasteiger partial charge on any atom is -0.391 e. The van der Waals surface area contributed by atoms with Crippen molar-refractivity contribution in [3.63, 3.8) is 0 Å². The number of aliphatic hydroxyl groups is 1. The van der Waals surface area contributed by atoms with Crippen LogP contribution in [0.3, 0.4) is 0 Å². The van der Waals surface area contributed by atoms with Gasteiger partial charge in [0.05, 0.1) is 18.2 Å². The Balaban J connectivity index is 1.40. The second-order valence-electron chi connectivity index (χ2n) is 8.59. The quantitative estimate of drug-likeness (QED) is 0.625. The van der Waals surface area contributed by atoms with Crippen LogP contribution in [0, 0.1) is 5.92 Å². The normalized spacial score (nSPS) is 18.3. The lowest BCUT2D eigenvalue weighted by Gasteiger charge is -2.17. The van der Waals surface area contributed by atoms with Gasteiger partial charge in [-0.05, 0) is 62.5 Å². The molecular formula is C25H28N4O3. The molecule has 2 amide bonds. The number of amides is 2. The minimum absolute atomic E-state index is 0.0330. The van der Waals surface area contributed by atoms with Crippen molar-refractivity contribution in [2.75, 3.05) is 39.0 Å².